The third kappa shape index (κ3) is 3.36. The van der Waals surface area contributed by atoms with Gasteiger partial charge in [-0.25, -0.2) is 9.97 Å². The number of nitrogens with zero attached hydrogens (tertiary/aromatic N) is 4. The van der Waals surface area contributed by atoms with Gasteiger partial charge in [0.15, 0.2) is 11.6 Å². The van der Waals surface area contributed by atoms with Gasteiger partial charge in [0.1, 0.15) is 5.84 Å². The Morgan fingerprint density at radius 2 is 2.04 bits per heavy atom. The first-order valence-corrected chi connectivity index (χ1v) is 8.33. The lowest BCUT2D eigenvalue weighted by Gasteiger charge is -2.09. The highest BCUT2D eigenvalue weighted by Crippen LogP contribution is 2.38. The highest BCUT2D eigenvalue weighted by atomic mass is 15.1. The van der Waals surface area contributed by atoms with Gasteiger partial charge in [-0.15, -0.1) is 0 Å². The summed E-state index contributed by atoms with van der Waals surface area (Å²) in [4.78, 5) is 13.4. The van der Waals surface area contributed by atoms with Crippen LogP contribution in [0.2, 0.25) is 0 Å². The topological polar surface area (TPSA) is 100.0 Å². The van der Waals surface area contributed by atoms with Crippen molar-refractivity contribution in [3.05, 3.63) is 47.7 Å². The van der Waals surface area contributed by atoms with Crippen LogP contribution >= 0.6 is 0 Å². The molecule has 2 aromatic rings. The summed E-state index contributed by atoms with van der Waals surface area (Å²) in [5.74, 6) is 2.68. The molecule has 25 heavy (non-hydrogen) atoms. The standard InChI is InChI=1S/C19H18N6/c20-8-7-12-1-3-14(4-2-12)18-23-11-16(21)19(25-18)24-17-9-15(10-22-17)13-5-6-13/h1-4,9,11,13H,5-7,10,21H2,(H,22,23,24,25). The number of nitrogen functional groups attached to an aromatic ring is 1. The van der Waals surface area contributed by atoms with E-state index in [-0.39, 0.29) is 0 Å². The van der Waals surface area contributed by atoms with Gasteiger partial charge in [-0.05, 0) is 36.0 Å². The molecule has 6 nitrogen and oxygen atoms in total. The van der Waals surface area contributed by atoms with E-state index in [0.717, 1.165) is 23.5 Å². The second-order valence-electron chi connectivity index (χ2n) is 6.35. The van der Waals surface area contributed by atoms with E-state index < -0.39 is 0 Å². The Hall–Kier alpha value is -3.20. The van der Waals surface area contributed by atoms with Crippen LogP contribution in [0, 0.1) is 17.2 Å². The van der Waals surface area contributed by atoms with Gasteiger partial charge in [-0.1, -0.05) is 24.3 Å². The lowest BCUT2D eigenvalue weighted by molar-refractivity contribution is 0.959. The molecule has 1 saturated carbocycles. The highest BCUT2D eigenvalue weighted by Gasteiger charge is 2.28. The van der Waals surface area contributed by atoms with Crippen molar-refractivity contribution in [2.75, 3.05) is 17.6 Å². The molecule has 2 aliphatic rings. The van der Waals surface area contributed by atoms with Gasteiger partial charge >= 0.3 is 0 Å². The minimum absolute atomic E-state index is 0.394. The number of rotatable bonds is 4. The predicted molar refractivity (Wildman–Crippen MR) is 97.9 cm³/mol. The number of amidine groups is 1. The van der Waals surface area contributed by atoms with E-state index >= 15 is 0 Å². The number of aromatic nitrogens is 2. The molecule has 1 aliphatic carbocycles. The molecule has 2 heterocycles. The quantitative estimate of drug-likeness (QED) is 0.897. The van der Waals surface area contributed by atoms with Crippen LogP contribution in [0.25, 0.3) is 11.4 Å². The normalized spacial score (nSPS) is 16.1. The fraction of sp³-hybridized carbons (Fsp3) is 0.263. The van der Waals surface area contributed by atoms with E-state index in [4.69, 9.17) is 11.0 Å². The van der Waals surface area contributed by atoms with Crippen LogP contribution in [0.5, 0.6) is 0 Å². The summed E-state index contributed by atoms with van der Waals surface area (Å²) < 4.78 is 0. The van der Waals surface area contributed by atoms with Crippen LogP contribution < -0.4 is 11.1 Å². The SMILES string of the molecule is N#CCc1ccc(-c2ncc(N)c(NC3=NCC(C4CC4)=C3)n2)cc1. The number of nitriles is 1. The summed E-state index contributed by atoms with van der Waals surface area (Å²) >= 11 is 0. The Labute approximate surface area is 146 Å². The van der Waals surface area contributed by atoms with Crippen molar-refractivity contribution >= 4 is 17.3 Å². The molecule has 0 atom stereocenters. The van der Waals surface area contributed by atoms with E-state index in [2.05, 4.69) is 32.4 Å². The molecular weight excluding hydrogens is 312 g/mol. The summed E-state index contributed by atoms with van der Waals surface area (Å²) in [6, 6.07) is 9.80. The molecular formula is C19H18N6. The van der Waals surface area contributed by atoms with Gasteiger partial charge in [-0.3, -0.25) is 4.99 Å². The molecule has 0 unspecified atom stereocenters. The zero-order valence-electron chi connectivity index (χ0n) is 13.7. The van der Waals surface area contributed by atoms with Crippen molar-refractivity contribution in [3.63, 3.8) is 0 Å². The van der Waals surface area contributed by atoms with E-state index in [9.17, 15) is 0 Å². The molecule has 1 aliphatic heterocycles. The Morgan fingerprint density at radius 3 is 2.76 bits per heavy atom. The lowest BCUT2D eigenvalue weighted by atomic mass is 10.1. The summed E-state index contributed by atoms with van der Waals surface area (Å²) in [7, 11) is 0. The first-order valence-electron chi connectivity index (χ1n) is 8.33. The van der Waals surface area contributed by atoms with Crippen molar-refractivity contribution in [2.45, 2.75) is 19.3 Å². The zero-order chi connectivity index (χ0) is 17.2. The van der Waals surface area contributed by atoms with E-state index in [1.165, 1.54) is 18.4 Å². The maximum atomic E-state index is 8.75. The Morgan fingerprint density at radius 1 is 1.24 bits per heavy atom. The number of hydrogen-bond acceptors (Lipinski definition) is 6. The molecule has 0 bridgehead atoms. The fourth-order valence-electron chi connectivity index (χ4n) is 2.83. The van der Waals surface area contributed by atoms with Crippen molar-refractivity contribution < 1.29 is 0 Å². The van der Waals surface area contributed by atoms with E-state index in [0.29, 0.717) is 29.7 Å². The average Bonchev–Trinajstić information content (AvgIpc) is 3.37. The summed E-state index contributed by atoms with van der Waals surface area (Å²) in [5, 5.41) is 12.0. The third-order valence-electron chi connectivity index (χ3n) is 4.41. The number of nitrogens with two attached hydrogens (primary N) is 1. The smallest absolute Gasteiger partial charge is 0.161 e. The van der Waals surface area contributed by atoms with Crippen molar-refractivity contribution in [1.29, 1.82) is 5.26 Å². The molecule has 0 spiro atoms. The van der Waals surface area contributed by atoms with Crippen molar-refractivity contribution in [2.24, 2.45) is 10.9 Å². The maximum absolute atomic E-state index is 8.75. The van der Waals surface area contributed by atoms with Crippen LogP contribution in [0.15, 0.2) is 47.1 Å². The van der Waals surface area contributed by atoms with E-state index in [1.807, 2.05) is 24.3 Å². The largest absolute Gasteiger partial charge is 0.394 e. The number of nitrogens with one attached hydrogen (secondary N) is 1. The fourth-order valence-corrected chi connectivity index (χ4v) is 2.83. The van der Waals surface area contributed by atoms with Gasteiger partial charge in [0, 0.05) is 5.56 Å². The van der Waals surface area contributed by atoms with Crippen LogP contribution in [0.1, 0.15) is 18.4 Å². The predicted octanol–water partition coefficient (Wildman–Crippen LogP) is 2.95. The number of hydrogen-bond donors (Lipinski definition) is 2. The molecule has 0 amide bonds. The molecule has 4 rings (SSSR count). The summed E-state index contributed by atoms with van der Waals surface area (Å²) in [5.41, 5.74) is 9.75. The second-order valence-corrected chi connectivity index (χ2v) is 6.35. The molecule has 0 saturated heterocycles. The van der Waals surface area contributed by atoms with Gasteiger partial charge in [0.25, 0.3) is 0 Å². The first-order chi connectivity index (χ1) is 12.2. The van der Waals surface area contributed by atoms with Gasteiger partial charge < -0.3 is 11.1 Å². The highest BCUT2D eigenvalue weighted by molar-refractivity contribution is 6.06. The minimum atomic E-state index is 0.394. The molecule has 124 valence electrons. The number of aliphatic imine (C=N–C) groups is 1. The third-order valence-corrected chi connectivity index (χ3v) is 4.41. The molecule has 1 aromatic carbocycles. The van der Waals surface area contributed by atoms with Gasteiger partial charge in [-0.2, -0.15) is 5.26 Å². The Balaban J connectivity index is 1.55. The minimum Gasteiger partial charge on any atom is -0.394 e. The summed E-state index contributed by atoms with van der Waals surface area (Å²) in [6.07, 6.45) is 6.65. The van der Waals surface area contributed by atoms with Crippen molar-refractivity contribution in [1.82, 2.24) is 9.97 Å². The van der Waals surface area contributed by atoms with Gasteiger partial charge in [0.05, 0.1) is 30.9 Å². The van der Waals surface area contributed by atoms with Crippen LogP contribution in [0.3, 0.4) is 0 Å². The molecule has 0 radical (unpaired) electrons. The Kier molecular flexibility index (Phi) is 3.90. The maximum Gasteiger partial charge on any atom is 0.161 e. The zero-order valence-corrected chi connectivity index (χ0v) is 13.7. The lowest BCUT2D eigenvalue weighted by Crippen LogP contribution is -2.11. The monoisotopic (exact) mass is 330 g/mol. The first kappa shape index (κ1) is 15.3. The molecule has 6 heteroatoms. The molecule has 3 N–H and O–H groups in total. The number of anilines is 2. The van der Waals surface area contributed by atoms with Crippen LogP contribution in [-0.4, -0.2) is 22.3 Å². The van der Waals surface area contributed by atoms with Crippen molar-refractivity contribution in [3.8, 4) is 17.5 Å². The Bertz CT molecular complexity index is 901. The average molecular weight is 330 g/mol. The molecule has 1 fully saturated rings. The molecule has 1 aromatic heterocycles. The number of benzene rings is 1. The second kappa shape index (κ2) is 6.36. The van der Waals surface area contributed by atoms with Crippen LogP contribution in [0.4, 0.5) is 11.5 Å². The van der Waals surface area contributed by atoms with Crippen LogP contribution in [-0.2, 0) is 6.42 Å². The summed E-state index contributed by atoms with van der Waals surface area (Å²) in [6.45, 7) is 0.769. The van der Waals surface area contributed by atoms with Gasteiger partial charge in [0.2, 0.25) is 0 Å². The van der Waals surface area contributed by atoms with E-state index in [1.54, 1.807) is 6.20 Å².